The zero-order valence-corrected chi connectivity index (χ0v) is 17.0. The van der Waals surface area contributed by atoms with Gasteiger partial charge < -0.3 is 9.47 Å². The molecule has 2 saturated heterocycles. The number of benzene rings is 2. The van der Waals surface area contributed by atoms with Crippen molar-refractivity contribution in [3.05, 3.63) is 66.9 Å². The molecule has 0 aliphatic carbocycles. The molecule has 5 nitrogen and oxygen atoms in total. The van der Waals surface area contributed by atoms with Crippen LogP contribution in [0.4, 0.5) is 0 Å². The molecule has 0 N–H and O–H groups in total. The lowest BCUT2D eigenvalue weighted by Crippen LogP contribution is -2.50. The van der Waals surface area contributed by atoms with E-state index in [4.69, 9.17) is 0 Å². The largest absolute Gasteiger partial charge is 0.338 e. The molecular formula is C23H24N2O3S. The second kappa shape index (κ2) is 7.02. The Morgan fingerprint density at radius 3 is 2.28 bits per heavy atom. The van der Waals surface area contributed by atoms with E-state index in [1.165, 1.54) is 0 Å². The van der Waals surface area contributed by atoms with Gasteiger partial charge in [-0.2, -0.15) is 0 Å². The number of para-hydroxylation sites is 1. The molecule has 2 fully saturated rings. The SMILES string of the molecule is O=C(Cn1ccc2ccccc21)N1[C@@H]2CC[C@@H]1CC(S(=O)(=O)c1ccccc1)C2. The number of amides is 1. The highest BCUT2D eigenvalue weighted by atomic mass is 32.2. The van der Waals surface area contributed by atoms with Gasteiger partial charge in [-0.1, -0.05) is 36.4 Å². The minimum absolute atomic E-state index is 0.0200. The molecule has 0 radical (unpaired) electrons. The number of carbonyl (C=O) groups is 1. The maximum Gasteiger partial charge on any atom is 0.243 e. The second-order valence-corrected chi connectivity index (χ2v) is 10.4. The molecule has 0 unspecified atom stereocenters. The minimum Gasteiger partial charge on any atom is -0.338 e. The molecule has 2 aromatic carbocycles. The van der Waals surface area contributed by atoms with Crippen LogP contribution in [-0.2, 0) is 21.2 Å². The van der Waals surface area contributed by atoms with Crippen molar-refractivity contribution < 1.29 is 13.2 Å². The lowest BCUT2D eigenvalue weighted by molar-refractivity contribution is -0.136. The maximum atomic E-state index is 13.2. The van der Waals surface area contributed by atoms with Crippen LogP contribution in [0.1, 0.15) is 25.7 Å². The van der Waals surface area contributed by atoms with Gasteiger partial charge in [0.1, 0.15) is 6.54 Å². The van der Waals surface area contributed by atoms with Gasteiger partial charge in [0.15, 0.2) is 9.84 Å². The Morgan fingerprint density at radius 1 is 0.897 bits per heavy atom. The number of rotatable bonds is 4. The van der Waals surface area contributed by atoms with Crippen molar-refractivity contribution in [2.75, 3.05) is 0 Å². The molecule has 2 atom stereocenters. The van der Waals surface area contributed by atoms with E-state index in [1.807, 2.05) is 52.1 Å². The van der Waals surface area contributed by atoms with Crippen molar-refractivity contribution in [2.45, 2.75) is 54.5 Å². The normalized spacial score (nSPS) is 24.1. The van der Waals surface area contributed by atoms with Crippen molar-refractivity contribution in [1.29, 1.82) is 0 Å². The van der Waals surface area contributed by atoms with E-state index in [1.54, 1.807) is 24.3 Å². The van der Waals surface area contributed by atoms with E-state index in [-0.39, 0.29) is 18.0 Å². The van der Waals surface area contributed by atoms with E-state index in [0.29, 0.717) is 24.3 Å². The van der Waals surface area contributed by atoms with E-state index < -0.39 is 15.1 Å². The third kappa shape index (κ3) is 3.15. The van der Waals surface area contributed by atoms with Crippen LogP contribution in [0.2, 0.25) is 0 Å². The first kappa shape index (κ1) is 18.4. The van der Waals surface area contributed by atoms with Crippen LogP contribution >= 0.6 is 0 Å². The highest BCUT2D eigenvalue weighted by Crippen LogP contribution is 2.40. The predicted molar refractivity (Wildman–Crippen MR) is 112 cm³/mol. The fourth-order valence-corrected chi connectivity index (χ4v) is 6.97. The van der Waals surface area contributed by atoms with Gasteiger partial charge in [0.25, 0.3) is 0 Å². The number of aromatic nitrogens is 1. The van der Waals surface area contributed by atoms with Crippen LogP contribution < -0.4 is 0 Å². The second-order valence-electron chi connectivity index (χ2n) is 8.14. The summed E-state index contributed by atoms with van der Waals surface area (Å²) < 4.78 is 28.1. The molecule has 2 aliphatic rings. The molecule has 2 aliphatic heterocycles. The Kier molecular flexibility index (Phi) is 4.46. The Hall–Kier alpha value is -2.60. The van der Waals surface area contributed by atoms with Crippen molar-refractivity contribution in [3.63, 3.8) is 0 Å². The Labute approximate surface area is 170 Å². The molecule has 0 spiro atoms. The van der Waals surface area contributed by atoms with Gasteiger partial charge in [0, 0.05) is 23.8 Å². The summed E-state index contributed by atoms with van der Waals surface area (Å²) in [4.78, 5) is 15.5. The van der Waals surface area contributed by atoms with Gasteiger partial charge >= 0.3 is 0 Å². The summed E-state index contributed by atoms with van der Waals surface area (Å²) in [6.07, 6.45) is 4.81. The van der Waals surface area contributed by atoms with Gasteiger partial charge in [0.2, 0.25) is 5.91 Å². The monoisotopic (exact) mass is 408 g/mol. The van der Waals surface area contributed by atoms with Gasteiger partial charge in [-0.3, -0.25) is 4.79 Å². The smallest absolute Gasteiger partial charge is 0.243 e. The van der Waals surface area contributed by atoms with Crippen molar-refractivity contribution in [1.82, 2.24) is 9.47 Å². The number of fused-ring (bicyclic) bond motifs is 3. The van der Waals surface area contributed by atoms with E-state index >= 15 is 0 Å². The molecule has 0 saturated carbocycles. The summed E-state index contributed by atoms with van der Waals surface area (Å²) in [5.74, 6) is 0.0920. The van der Waals surface area contributed by atoms with Crippen molar-refractivity contribution >= 4 is 26.6 Å². The summed E-state index contributed by atoms with van der Waals surface area (Å²) in [6, 6.07) is 18.8. The zero-order valence-electron chi connectivity index (χ0n) is 16.1. The molecule has 3 heterocycles. The highest BCUT2D eigenvalue weighted by Gasteiger charge is 2.47. The molecule has 3 aromatic rings. The number of piperidine rings is 1. The number of sulfone groups is 1. The molecule has 150 valence electrons. The quantitative estimate of drug-likeness (QED) is 0.662. The highest BCUT2D eigenvalue weighted by molar-refractivity contribution is 7.92. The third-order valence-electron chi connectivity index (χ3n) is 6.47. The average Bonchev–Trinajstić information content (AvgIpc) is 3.26. The molecule has 29 heavy (non-hydrogen) atoms. The molecular weight excluding hydrogens is 384 g/mol. The summed E-state index contributed by atoms with van der Waals surface area (Å²) in [7, 11) is -3.36. The first-order valence-corrected chi connectivity index (χ1v) is 11.7. The third-order valence-corrected chi connectivity index (χ3v) is 8.67. The minimum atomic E-state index is -3.36. The lowest BCUT2D eigenvalue weighted by atomic mass is 10.0. The molecule has 5 rings (SSSR count). The van der Waals surface area contributed by atoms with Gasteiger partial charge in [-0.15, -0.1) is 0 Å². The predicted octanol–water partition coefficient (Wildman–Crippen LogP) is 3.64. The van der Waals surface area contributed by atoms with Gasteiger partial charge in [-0.05, 0) is 55.3 Å². The van der Waals surface area contributed by atoms with Crippen LogP contribution in [0.15, 0.2) is 71.8 Å². The summed E-state index contributed by atoms with van der Waals surface area (Å²) in [5, 5.41) is 0.717. The standard InChI is InChI=1S/C23H24N2O3S/c26-23(16-24-13-12-17-6-4-5-9-22(17)24)25-18-10-11-19(25)15-21(14-18)29(27,28)20-7-2-1-3-8-20/h1-9,12-13,18-19,21H,10-11,14-16H2/t18-,19-/m1/s1. The van der Waals surface area contributed by atoms with Crippen molar-refractivity contribution in [2.24, 2.45) is 0 Å². The van der Waals surface area contributed by atoms with Gasteiger partial charge in [-0.25, -0.2) is 8.42 Å². The summed E-state index contributed by atoms with van der Waals surface area (Å²) in [5.41, 5.74) is 1.05. The zero-order chi connectivity index (χ0) is 20.0. The van der Waals surface area contributed by atoms with Crippen LogP contribution in [0.25, 0.3) is 10.9 Å². The number of hydrogen-bond donors (Lipinski definition) is 0. The molecule has 1 aromatic heterocycles. The van der Waals surface area contributed by atoms with Crippen molar-refractivity contribution in [3.8, 4) is 0 Å². The molecule has 2 bridgehead atoms. The summed E-state index contributed by atoms with van der Waals surface area (Å²) >= 11 is 0. The first-order chi connectivity index (χ1) is 14.0. The maximum absolute atomic E-state index is 13.2. The topological polar surface area (TPSA) is 59.4 Å². The van der Waals surface area contributed by atoms with Gasteiger partial charge in [0.05, 0.1) is 10.1 Å². The lowest BCUT2D eigenvalue weighted by Gasteiger charge is -2.38. The molecule has 6 heteroatoms. The van der Waals surface area contributed by atoms with Crippen LogP contribution in [0.5, 0.6) is 0 Å². The number of nitrogens with zero attached hydrogens (tertiary/aromatic N) is 2. The average molecular weight is 409 g/mol. The van der Waals surface area contributed by atoms with Crippen LogP contribution in [-0.4, -0.2) is 41.1 Å². The van der Waals surface area contributed by atoms with E-state index in [9.17, 15) is 13.2 Å². The van der Waals surface area contributed by atoms with Crippen LogP contribution in [0.3, 0.4) is 0 Å². The Morgan fingerprint density at radius 2 is 1.55 bits per heavy atom. The Balaban J connectivity index is 1.35. The Bertz CT molecular complexity index is 1140. The first-order valence-electron chi connectivity index (χ1n) is 10.2. The van der Waals surface area contributed by atoms with Crippen LogP contribution in [0, 0.1) is 0 Å². The number of hydrogen-bond acceptors (Lipinski definition) is 3. The molecule has 1 amide bonds. The fraction of sp³-hybridized carbons (Fsp3) is 0.348. The fourth-order valence-electron chi connectivity index (χ4n) is 5.10. The van der Waals surface area contributed by atoms with E-state index in [2.05, 4.69) is 0 Å². The summed E-state index contributed by atoms with van der Waals surface area (Å²) in [6.45, 7) is 0.302. The van der Waals surface area contributed by atoms with E-state index in [0.717, 1.165) is 23.7 Å². The number of carbonyl (C=O) groups excluding carboxylic acids is 1.